The zero-order valence-electron chi connectivity index (χ0n) is 40.3. The van der Waals surface area contributed by atoms with Crippen LogP contribution in [0, 0.1) is 36.5 Å². The van der Waals surface area contributed by atoms with Gasteiger partial charge >= 0.3 is 11.8 Å². The van der Waals surface area contributed by atoms with Gasteiger partial charge in [-0.15, -0.1) is 0 Å². The molecule has 5 aliphatic heterocycles. The molecule has 1 fully saturated rings. The number of hydrogen-bond donors (Lipinski definition) is 6. The van der Waals surface area contributed by atoms with E-state index in [1.54, 1.807) is 32.1 Å². The number of nitrogens with two attached hydrogens (primary N) is 2. The summed E-state index contributed by atoms with van der Waals surface area (Å²) in [7, 11) is 0. The summed E-state index contributed by atoms with van der Waals surface area (Å²) in [6, 6.07) is 0. The Hall–Kier alpha value is -5.45. The van der Waals surface area contributed by atoms with Crippen LogP contribution in [0.5, 0.6) is 17.2 Å². The van der Waals surface area contributed by atoms with E-state index in [1.165, 1.54) is 24.4 Å². The normalized spacial score (nSPS) is 29.0. The molecule has 1 amide bonds. The standard InChI is InChI=1S/C50H71N7O9/c1-11-14-34(51)25-57(52)26-35(58)65-45-29(5)17-13-22-64-49(10)47(62)38-36-37(43(60)33(9)46(38)66-49)44(61)41(40-39(36)54-50(55-40)18-20-56(21-19-50)24-27(2)3)53-48(63)30(6)16-12-15-28(4)23-31(7)42(59)32(45)8/h12-13,15-16,22,25,27-29,31-32,42,45,59-61H,11,14,17-21,23-24,26,51-52H2,1-10H3,(H,53,63)/b15-12+,22-13+,30-16-,34-25-/t28?,29-,31-,32-,42?,45?,49?/m1/s1. The number of anilines is 1. The van der Waals surface area contributed by atoms with Gasteiger partial charge in [-0.1, -0.05) is 73.1 Å². The molecule has 16 heteroatoms. The molecule has 0 aliphatic carbocycles. The zero-order valence-corrected chi connectivity index (χ0v) is 40.3. The summed E-state index contributed by atoms with van der Waals surface area (Å²) < 4.78 is 18.6. The Morgan fingerprint density at radius 2 is 1.76 bits per heavy atom. The van der Waals surface area contributed by atoms with Crippen LogP contribution in [-0.4, -0.2) is 92.7 Å². The lowest BCUT2D eigenvalue weighted by Gasteiger charge is -2.36. The van der Waals surface area contributed by atoms with Gasteiger partial charge in [-0.3, -0.25) is 24.4 Å². The van der Waals surface area contributed by atoms with Crippen LogP contribution in [0.2, 0.25) is 0 Å². The van der Waals surface area contributed by atoms with Gasteiger partial charge in [0.25, 0.3) is 11.7 Å². The number of likely N-dealkylation sites (tertiary alicyclic amines) is 1. The quantitative estimate of drug-likeness (QED) is 0.0784. The molecule has 4 unspecified atom stereocenters. The Morgan fingerprint density at radius 1 is 1.08 bits per heavy atom. The van der Waals surface area contributed by atoms with Crippen molar-refractivity contribution >= 4 is 34.1 Å². The molecule has 5 heterocycles. The van der Waals surface area contributed by atoms with E-state index in [9.17, 15) is 29.7 Å². The molecule has 0 saturated carbocycles. The van der Waals surface area contributed by atoms with E-state index < -0.39 is 53.0 Å². The molecule has 1 saturated heterocycles. The molecule has 360 valence electrons. The van der Waals surface area contributed by atoms with Gasteiger partial charge in [-0.2, -0.15) is 0 Å². The van der Waals surface area contributed by atoms with E-state index >= 15 is 0 Å². The number of aliphatic hydroxyl groups is 1. The van der Waals surface area contributed by atoms with Crippen molar-refractivity contribution in [3.8, 4) is 17.2 Å². The summed E-state index contributed by atoms with van der Waals surface area (Å²) in [6.07, 6.45) is 11.8. The third-order valence-electron chi connectivity index (χ3n) is 13.4. The van der Waals surface area contributed by atoms with Crippen LogP contribution in [0.1, 0.15) is 117 Å². The summed E-state index contributed by atoms with van der Waals surface area (Å²) in [5.41, 5.74) is 6.20. The minimum atomic E-state index is -1.90. The summed E-state index contributed by atoms with van der Waals surface area (Å²) >= 11 is 0. The minimum absolute atomic E-state index is 0.0143. The highest BCUT2D eigenvalue weighted by Gasteiger charge is 2.50. The van der Waals surface area contributed by atoms with Gasteiger partial charge in [0.05, 0.1) is 28.7 Å². The average molecular weight is 914 g/mol. The monoisotopic (exact) mass is 914 g/mol. The number of ketones is 1. The SMILES string of the molecule is CCC/C(N)=C/N(N)CC(=O)OC1[C@H](C)C(O)[C@H](C)CC(C)/C=C/C=C(/C)C(=O)Nc2c(O)c3c(O)c(C)c4c(c3c3c2=NC2(CCN(CC(C)C)CC2)N=3)C(=O)C(C)(O/C=C/C[C@H]1C)O4. The highest BCUT2D eigenvalue weighted by Crippen LogP contribution is 2.50. The smallest absolute Gasteiger partial charge is 0.327 e. The number of carbonyl (C=O) groups excluding carboxylic acids is 3. The van der Waals surface area contributed by atoms with Crippen molar-refractivity contribution in [2.24, 2.45) is 51.2 Å². The summed E-state index contributed by atoms with van der Waals surface area (Å²) in [6.45, 7) is 20.8. The maximum atomic E-state index is 14.8. The molecule has 0 aromatic heterocycles. The van der Waals surface area contributed by atoms with Crippen LogP contribution in [-0.2, 0) is 19.1 Å². The Morgan fingerprint density at radius 3 is 2.42 bits per heavy atom. The van der Waals surface area contributed by atoms with Crippen molar-refractivity contribution in [2.45, 2.75) is 131 Å². The number of aromatic hydroxyl groups is 2. The molecule has 7 rings (SSSR count). The number of carbonyl (C=O) groups is 3. The largest absolute Gasteiger partial charge is 0.507 e. The lowest BCUT2D eigenvalue weighted by atomic mass is 9.80. The number of piperidine rings is 1. The number of hydrazine groups is 1. The van der Waals surface area contributed by atoms with Crippen molar-refractivity contribution < 1.29 is 43.9 Å². The first-order valence-corrected chi connectivity index (χ1v) is 23.4. The number of nitrogens with zero attached hydrogens (tertiary/aromatic N) is 4. The maximum Gasteiger partial charge on any atom is 0.327 e. The summed E-state index contributed by atoms with van der Waals surface area (Å²) in [5.74, 6) is 1.18. The van der Waals surface area contributed by atoms with Gasteiger partial charge < -0.3 is 50.5 Å². The number of benzene rings is 2. The Labute approximate surface area is 388 Å². The molecule has 1 spiro atoms. The van der Waals surface area contributed by atoms with E-state index in [0.29, 0.717) is 49.3 Å². The van der Waals surface area contributed by atoms with Gasteiger partial charge in [-0.05, 0) is 62.9 Å². The van der Waals surface area contributed by atoms with E-state index in [4.69, 9.17) is 35.8 Å². The number of nitrogens with one attached hydrogen (secondary N) is 1. The van der Waals surface area contributed by atoms with Crippen molar-refractivity contribution in [1.82, 2.24) is 9.91 Å². The predicted octanol–water partition coefficient (Wildman–Crippen LogP) is 5.91. The second kappa shape index (κ2) is 20.2. The van der Waals surface area contributed by atoms with Crippen molar-refractivity contribution in [2.75, 3.05) is 31.5 Å². The molecule has 7 atom stereocenters. The van der Waals surface area contributed by atoms with E-state index in [0.717, 1.165) is 26.1 Å². The number of phenolic OH excluding ortho intramolecular Hbond substituents is 2. The van der Waals surface area contributed by atoms with Gasteiger partial charge in [0.1, 0.15) is 35.2 Å². The van der Waals surface area contributed by atoms with Crippen LogP contribution in [0.3, 0.4) is 0 Å². The molecule has 5 bridgehead atoms. The number of aliphatic hydroxyl groups excluding tert-OH is 1. The summed E-state index contributed by atoms with van der Waals surface area (Å²) in [4.78, 5) is 54.8. The van der Waals surface area contributed by atoms with Crippen LogP contribution < -0.4 is 32.3 Å². The van der Waals surface area contributed by atoms with Crippen LogP contribution in [0.25, 0.3) is 10.8 Å². The number of esters is 1. The number of amides is 1. The Kier molecular flexibility index (Phi) is 15.3. The van der Waals surface area contributed by atoms with E-state index in [-0.39, 0.29) is 74.1 Å². The molecule has 2 aromatic rings. The first-order chi connectivity index (χ1) is 31.1. The predicted molar refractivity (Wildman–Crippen MR) is 253 cm³/mol. The van der Waals surface area contributed by atoms with Gasteiger partial charge in [0, 0.05) is 73.7 Å². The second-order valence-corrected chi connectivity index (χ2v) is 19.6. The number of Topliss-reactive ketones (excluding diaryl/α,β-unsaturated/α-hetero) is 1. The number of phenols is 2. The van der Waals surface area contributed by atoms with Crippen LogP contribution in [0.4, 0.5) is 5.69 Å². The van der Waals surface area contributed by atoms with Crippen molar-refractivity contribution in [3.05, 3.63) is 69.9 Å². The van der Waals surface area contributed by atoms with Crippen LogP contribution in [0.15, 0.2) is 58.0 Å². The van der Waals surface area contributed by atoms with Crippen molar-refractivity contribution in [1.29, 1.82) is 0 Å². The molecule has 16 nitrogen and oxygen atoms in total. The lowest BCUT2D eigenvalue weighted by Crippen LogP contribution is -2.43. The first kappa shape index (κ1) is 50.0. The molecule has 0 radical (unpaired) electrons. The Balaban J connectivity index is 1.43. The number of ether oxygens (including phenoxy) is 3. The Bertz CT molecular complexity index is 2450. The molecule has 5 aliphatic rings. The first-order valence-electron chi connectivity index (χ1n) is 23.4. The number of hydrogen-bond acceptors (Lipinski definition) is 15. The zero-order chi connectivity index (χ0) is 48.4. The molecule has 2 aromatic carbocycles. The maximum absolute atomic E-state index is 14.8. The highest BCUT2D eigenvalue weighted by atomic mass is 16.7. The number of fused-ring (bicyclic) bond motifs is 13. The fourth-order valence-corrected chi connectivity index (χ4v) is 9.75. The number of rotatable bonds is 8. The highest BCUT2D eigenvalue weighted by molar-refractivity contribution is 6.19. The third kappa shape index (κ3) is 10.4. The van der Waals surface area contributed by atoms with Gasteiger partial charge in [-0.25, -0.2) is 5.84 Å². The topological polar surface area (TPSA) is 235 Å². The molecular formula is C50H71N7O9. The number of allylic oxidation sites excluding steroid dienone is 5. The molecule has 66 heavy (non-hydrogen) atoms. The van der Waals surface area contributed by atoms with Gasteiger partial charge in [0.2, 0.25) is 0 Å². The van der Waals surface area contributed by atoms with Gasteiger partial charge in [0.15, 0.2) is 11.4 Å². The summed E-state index contributed by atoms with van der Waals surface area (Å²) in [5, 5.41) is 40.4. The fourth-order valence-electron chi connectivity index (χ4n) is 9.75. The van der Waals surface area contributed by atoms with Crippen LogP contribution >= 0.6 is 0 Å². The average Bonchev–Trinajstić information content (AvgIpc) is 3.75. The molecular weight excluding hydrogens is 843 g/mol. The van der Waals surface area contributed by atoms with E-state index in [1.807, 2.05) is 40.7 Å². The molecule has 8 N–H and O–H groups in total. The minimum Gasteiger partial charge on any atom is -0.507 e. The second-order valence-electron chi connectivity index (χ2n) is 19.6. The fraction of sp³-hybridized carbons (Fsp3) is 0.580. The lowest BCUT2D eigenvalue weighted by molar-refractivity contribution is -0.159. The van der Waals surface area contributed by atoms with E-state index in [2.05, 4.69) is 24.1 Å². The van der Waals surface area contributed by atoms with Crippen molar-refractivity contribution in [3.63, 3.8) is 0 Å². The third-order valence-corrected chi connectivity index (χ3v) is 13.4.